The van der Waals surface area contributed by atoms with Crippen LogP contribution in [0.3, 0.4) is 0 Å². The van der Waals surface area contributed by atoms with Gasteiger partial charge in [-0.1, -0.05) is 36.4 Å². The minimum Gasteiger partial charge on any atom is -0.386 e. The van der Waals surface area contributed by atoms with Gasteiger partial charge >= 0.3 is 0 Å². The molecule has 0 unspecified atom stereocenters. The Morgan fingerprint density at radius 3 is 2.41 bits per heavy atom. The average molecular weight is 229 g/mol. The predicted octanol–water partition coefficient (Wildman–Crippen LogP) is 3.10. The maximum atomic E-state index is 13.9. The molecule has 0 bridgehead atoms. The van der Waals surface area contributed by atoms with E-state index < -0.39 is 5.82 Å². The molecule has 0 spiro atoms. The molecule has 0 radical (unpaired) electrons. The molecule has 0 aliphatic heterocycles. The van der Waals surface area contributed by atoms with E-state index in [1.165, 1.54) is 6.07 Å². The number of carbonyl (C=O) groups excluding carboxylic acids is 1. The van der Waals surface area contributed by atoms with Crippen LogP contribution in [0, 0.1) is 5.82 Å². The second-order valence-electron chi connectivity index (χ2n) is 3.61. The Morgan fingerprint density at radius 1 is 1.06 bits per heavy atom. The number of halogens is 1. The molecule has 0 aliphatic rings. The van der Waals surface area contributed by atoms with Gasteiger partial charge in [-0.15, -0.1) is 0 Å². The molecule has 0 fully saturated rings. The SMILES string of the molecule is CNc1cccc(C(=O)c2ccccc2)c1F. The van der Waals surface area contributed by atoms with Crippen LogP contribution in [0.2, 0.25) is 0 Å². The van der Waals surface area contributed by atoms with Crippen LogP contribution in [0.5, 0.6) is 0 Å². The Morgan fingerprint density at radius 2 is 1.76 bits per heavy atom. The summed E-state index contributed by atoms with van der Waals surface area (Å²) >= 11 is 0. The largest absolute Gasteiger partial charge is 0.386 e. The van der Waals surface area contributed by atoms with Crippen molar-refractivity contribution < 1.29 is 9.18 Å². The summed E-state index contributed by atoms with van der Waals surface area (Å²) in [4.78, 5) is 12.1. The molecular weight excluding hydrogens is 217 g/mol. The molecule has 0 aliphatic carbocycles. The number of carbonyl (C=O) groups is 1. The molecule has 0 atom stereocenters. The van der Waals surface area contributed by atoms with Crippen LogP contribution in [0.4, 0.5) is 10.1 Å². The van der Waals surface area contributed by atoms with Gasteiger partial charge in [0.25, 0.3) is 0 Å². The second kappa shape index (κ2) is 4.78. The molecule has 0 saturated heterocycles. The van der Waals surface area contributed by atoms with Crippen molar-refractivity contribution in [3.63, 3.8) is 0 Å². The van der Waals surface area contributed by atoms with Gasteiger partial charge in [-0.3, -0.25) is 4.79 Å². The van der Waals surface area contributed by atoms with Gasteiger partial charge in [0.15, 0.2) is 11.6 Å². The lowest BCUT2D eigenvalue weighted by Gasteiger charge is -2.07. The highest BCUT2D eigenvalue weighted by molar-refractivity contribution is 6.09. The van der Waals surface area contributed by atoms with Crippen molar-refractivity contribution in [1.29, 1.82) is 0 Å². The monoisotopic (exact) mass is 229 g/mol. The number of rotatable bonds is 3. The number of ketones is 1. The van der Waals surface area contributed by atoms with Gasteiger partial charge in [-0.2, -0.15) is 0 Å². The maximum absolute atomic E-state index is 13.9. The molecule has 3 heteroatoms. The topological polar surface area (TPSA) is 29.1 Å². The van der Waals surface area contributed by atoms with E-state index in [0.29, 0.717) is 11.3 Å². The van der Waals surface area contributed by atoms with Crippen LogP contribution < -0.4 is 5.32 Å². The number of nitrogens with one attached hydrogen (secondary N) is 1. The lowest BCUT2D eigenvalue weighted by atomic mass is 10.0. The first kappa shape index (κ1) is 11.3. The second-order valence-corrected chi connectivity index (χ2v) is 3.61. The molecular formula is C14H12FNO. The first-order valence-corrected chi connectivity index (χ1v) is 5.30. The molecule has 2 aromatic carbocycles. The van der Waals surface area contributed by atoms with Gasteiger partial charge in [0, 0.05) is 12.6 Å². The fourth-order valence-electron chi connectivity index (χ4n) is 1.65. The van der Waals surface area contributed by atoms with Gasteiger partial charge in [-0.25, -0.2) is 4.39 Å². The van der Waals surface area contributed by atoms with Gasteiger partial charge < -0.3 is 5.32 Å². The lowest BCUT2D eigenvalue weighted by molar-refractivity contribution is 0.103. The van der Waals surface area contributed by atoms with Crippen LogP contribution >= 0.6 is 0 Å². The van der Waals surface area contributed by atoms with E-state index in [4.69, 9.17) is 0 Å². The molecule has 1 N–H and O–H groups in total. The van der Waals surface area contributed by atoms with Gasteiger partial charge in [0.1, 0.15) is 0 Å². The smallest absolute Gasteiger partial charge is 0.196 e. The zero-order valence-corrected chi connectivity index (χ0v) is 9.41. The molecule has 2 aromatic rings. The normalized spacial score (nSPS) is 10.0. The van der Waals surface area contributed by atoms with Crippen LogP contribution in [-0.2, 0) is 0 Å². The summed E-state index contributed by atoms with van der Waals surface area (Å²) in [5.41, 5.74) is 0.898. The van der Waals surface area contributed by atoms with Crippen molar-refractivity contribution in [1.82, 2.24) is 0 Å². The molecule has 0 amide bonds. The third-order valence-electron chi connectivity index (χ3n) is 2.55. The predicted molar refractivity (Wildman–Crippen MR) is 65.8 cm³/mol. The van der Waals surface area contributed by atoms with E-state index in [1.807, 2.05) is 6.07 Å². The Bertz CT molecular complexity index is 537. The van der Waals surface area contributed by atoms with Crippen molar-refractivity contribution in [2.45, 2.75) is 0 Å². The fraction of sp³-hybridized carbons (Fsp3) is 0.0714. The van der Waals surface area contributed by atoms with E-state index in [-0.39, 0.29) is 11.3 Å². The quantitative estimate of drug-likeness (QED) is 0.819. The van der Waals surface area contributed by atoms with Crippen LogP contribution in [0.25, 0.3) is 0 Å². The van der Waals surface area contributed by atoms with Gasteiger partial charge in [-0.05, 0) is 12.1 Å². The lowest BCUT2D eigenvalue weighted by Crippen LogP contribution is -2.06. The third kappa shape index (κ3) is 2.18. The zero-order valence-electron chi connectivity index (χ0n) is 9.41. The molecule has 0 saturated carbocycles. The van der Waals surface area contributed by atoms with Crippen molar-refractivity contribution in [3.8, 4) is 0 Å². The fourth-order valence-corrected chi connectivity index (χ4v) is 1.65. The van der Waals surface area contributed by atoms with Gasteiger partial charge in [0.2, 0.25) is 0 Å². The van der Waals surface area contributed by atoms with E-state index in [0.717, 1.165) is 0 Å². The summed E-state index contributed by atoms with van der Waals surface area (Å²) < 4.78 is 13.9. The number of hydrogen-bond donors (Lipinski definition) is 1. The molecule has 2 nitrogen and oxygen atoms in total. The Labute approximate surface area is 99.1 Å². The van der Waals surface area contributed by atoms with Gasteiger partial charge in [0.05, 0.1) is 11.3 Å². The van der Waals surface area contributed by atoms with E-state index in [1.54, 1.807) is 43.4 Å². The number of hydrogen-bond acceptors (Lipinski definition) is 2. The molecule has 0 aromatic heterocycles. The first-order valence-electron chi connectivity index (χ1n) is 5.30. The highest BCUT2D eigenvalue weighted by Crippen LogP contribution is 2.20. The summed E-state index contributed by atoms with van der Waals surface area (Å²) in [5.74, 6) is -0.816. The van der Waals surface area contributed by atoms with Crippen LogP contribution in [0.1, 0.15) is 15.9 Å². The van der Waals surface area contributed by atoms with Crippen molar-refractivity contribution in [2.24, 2.45) is 0 Å². The molecule has 2 rings (SSSR count). The minimum atomic E-state index is -0.510. The molecule has 17 heavy (non-hydrogen) atoms. The van der Waals surface area contributed by atoms with E-state index in [2.05, 4.69) is 5.32 Å². The summed E-state index contributed by atoms with van der Waals surface area (Å²) in [5, 5.41) is 2.71. The summed E-state index contributed by atoms with van der Waals surface area (Å²) in [6, 6.07) is 13.4. The summed E-state index contributed by atoms with van der Waals surface area (Å²) in [6.07, 6.45) is 0. The highest BCUT2D eigenvalue weighted by atomic mass is 19.1. The standard InChI is InChI=1S/C14H12FNO/c1-16-12-9-5-8-11(13(12)15)14(17)10-6-3-2-4-7-10/h2-9,16H,1H3. The highest BCUT2D eigenvalue weighted by Gasteiger charge is 2.15. The van der Waals surface area contributed by atoms with Crippen LogP contribution in [0.15, 0.2) is 48.5 Å². The summed E-state index contributed by atoms with van der Waals surface area (Å²) in [7, 11) is 1.62. The molecule has 86 valence electrons. The number of anilines is 1. The number of benzene rings is 2. The average Bonchev–Trinajstić information content (AvgIpc) is 2.39. The van der Waals surface area contributed by atoms with Crippen molar-refractivity contribution in [3.05, 3.63) is 65.5 Å². The molecule has 0 heterocycles. The minimum absolute atomic E-state index is 0.0862. The Balaban J connectivity index is 2.45. The van der Waals surface area contributed by atoms with Crippen molar-refractivity contribution >= 4 is 11.5 Å². The Kier molecular flexibility index (Phi) is 3.19. The zero-order chi connectivity index (χ0) is 12.3. The van der Waals surface area contributed by atoms with E-state index >= 15 is 0 Å². The summed E-state index contributed by atoms with van der Waals surface area (Å²) in [6.45, 7) is 0. The maximum Gasteiger partial charge on any atom is 0.196 e. The third-order valence-corrected chi connectivity index (χ3v) is 2.55. The Hall–Kier alpha value is -2.16. The van der Waals surface area contributed by atoms with E-state index in [9.17, 15) is 9.18 Å². The van der Waals surface area contributed by atoms with Crippen LogP contribution in [-0.4, -0.2) is 12.8 Å². The first-order chi connectivity index (χ1) is 8.24. The van der Waals surface area contributed by atoms with Crippen molar-refractivity contribution in [2.75, 3.05) is 12.4 Å².